The number of hydrogen-bond donors (Lipinski definition) is 3. The zero-order chi connectivity index (χ0) is 27.1. The van der Waals surface area contributed by atoms with Gasteiger partial charge in [-0.3, -0.25) is 9.59 Å². The standard InChI is InChI=1S/C31H33N3O4/c1-20(2)16-28(34-31(37)38-19-21-10-4-3-5-11-21)30(36)33-27(29(32)35)18-26-24-14-8-6-12-22(24)17-23-13-7-9-15-25(23)26/h3-15,17,20,27-28H,16,18-19H2,1-2H3,(H2,32,35)(H,33,36)(H,34,37)/t27-,28-/m0/s1. The van der Waals surface area contributed by atoms with Crippen LogP contribution >= 0.6 is 0 Å². The topological polar surface area (TPSA) is 111 Å². The molecule has 4 rings (SSSR count). The van der Waals surface area contributed by atoms with Gasteiger partial charge in [0.15, 0.2) is 0 Å². The number of carbonyl (C=O) groups is 3. The highest BCUT2D eigenvalue weighted by Crippen LogP contribution is 2.29. The van der Waals surface area contributed by atoms with Crippen molar-refractivity contribution in [2.75, 3.05) is 0 Å². The van der Waals surface area contributed by atoms with Gasteiger partial charge in [-0.25, -0.2) is 4.79 Å². The molecule has 0 saturated heterocycles. The van der Waals surface area contributed by atoms with Crippen molar-refractivity contribution >= 4 is 39.5 Å². The van der Waals surface area contributed by atoms with Gasteiger partial charge in [0.25, 0.3) is 0 Å². The molecule has 0 spiro atoms. The second kappa shape index (κ2) is 12.2. The van der Waals surface area contributed by atoms with Crippen molar-refractivity contribution in [3.8, 4) is 0 Å². The van der Waals surface area contributed by atoms with Crippen molar-refractivity contribution in [1.82, 2.24) is 10.6 Å². The Bertz CT molecular complexity index is 1380. The summed E-state index contributed by atoms with van der Waals surface area (Å²) in [6.07, 6.45) is -0.115. The first-order valence-corrected chi connectivity index (χ1v) is 12.8. The third-order valence-corrected chi connectivity index (χ3v) is 6.48. The molecule has 2 atom stereocenters. The zero-order valence-corrected chi connectivity index (χ0v) is 21.6. The number of hydrogen-bond acceptors (Lipinski definition) is 4. The van der Waals surface area contributed by atoms with Crippen LogP contribution in [-0.2, 0) is 27.4 Å². The predicted octanol–water partition coefficient (Wildman–Crippen LogP) is 4.85. The maximum Gasteiger partial charge on any atom is 0.408 e. The fraction of sp³-hybridized carbons (Fsp3) is 0.258. The van der Waals surface area contributed by atoms with Gasteiger partial charge in [0, 0.05) is 6.42 Å². The largest absolute Gasteiger partial charge is 0.445 e. The molecule has 196 valence electrons. The Morgan fingerprint density at radius 2 is 1.37 bits per heavy atom. The van der Waals surface area contributed by atoms with E-state index in [0.29, 0.717) is 6.42 Å². The summed E-state index contributed by atoms with van der Waals surface area (Å²) in [7, 11) is 0. The van der Waals surface area contributed by atoms with Crippen LogP contribution in [0.2, 0.25) is 0 Å². The average Bonchev–Trinajstić information content (AvgIpc) is 2.91. The van der Waals surface area contributed by atoms with Crippen LogP contribution in [0.5, 0.6) is 0 Å². The van der Waals surface area contributed by atoms with Gasteiger partial charge in [0.2, 0.25) is 11.8 Å². The summed E-state index contributed by atoms with van der Waals surface area (Å²) in [5, 5.41) is 9.52. The Morgan fingerprint density at radius 3 is 1.95 bits per heavy atom. The van der Waals surface area contributed by atoms with E-state index < -0.39 is 30.0 Å². The van der Waals surface area contributed by atoms with E-state index in [-0.39, 0.29) is 18.9 Å². The number of ether oxygens (including phenoxy) is 1. The van der Waals surface area contributed by atoms with Gasteiger partial charge in [0.05, 0.1) is 0 Å². The highest BCUT2D eigenvalue weighted by Gasteiger charge is 2.28. The molecular formula is C31H33N3O4. The minimum absolute atomic E-state index is 0.0841. The molecule has 0 radical (unpaired) electrons. The lowest BCUT2D eigenvalue weighted by atomic mass is 9.92. The van der Waals surface area contributed by atoms with Gasteiger partial charge in [-0.1, -0.05) is 92.7 Å². The summed E-state index contributed by atoms with van der Waals surface area (Å²) in [4.78, 5) is 38.4. The fourth-order valence-corrected chi connectivity index (χ4v) is 4.64. The normalized spacial score (nSPS) is 12.7. The lowest BCUT2D eigenvalue weighted by Crippen LogP contribution is -2.54. The molecular weight excluding hydrogens is 478 g/mol. The van der Waals surface area contributed by atoms with Crippen LogP contribution < -0.4 is 16.4 Å². The molecule has 0 aliphatic carbocycles. The predicted molar refractivity (Wildman–Crippen MR) is 149 cm³/mol. The van der Waals surface area contributed by atoms with Crippen LogP contribution in [0, 0.1) is 5.92 Å². The van der Waals surface area contributed by atoms with Gasteiger partial charge >= 0.3 is 6.09 Å². The van der Waals surface area contributed by atoms with Crippen LogP contribution in [0.15, 0.2) is 84.9 Å². The van der Waals surface area contributed by atoms with Crippen molar-refractivity contribution < 1.29 is 19.1 Å². The lowest BCUT2D eigenvalue weighted by molar-refractivity contribution is -0.128. The molecule has 38 heavy (non-hydrogen) atoms. The third-order valence-electron chi connectivity index (χ3n) is 6.48. The summed E-state index contributed by atoms with van der Waals surface area (Å²) in [5.74, 6) is -1.02. The average molecular weight is 512 g/mol. The van der Waals surface area contributed by atoms with E-state index in [9.17, 15) is 14.4 Å². The molecule has 0 heterocycles. The molecule has 0 aliphatic rings. The zero-order valence-electron chi connectivity index (χ0n) is 21.6. The molecule has 7 heteroatoms. The lowest BCUT2D eigenvalue weighted by Gasteiger charge is -2.24. The number of amides is 3. The molecule has 0 bridgehead atoms. The smallest absolute Gasteiger partial charge is 0.408 e. The van der Waals surface area contributed by atoms with E-state index >= 15 is 0 Å². The van der Waals surface area contributed by atoms with Crippen LogP contribution in [0.25, 0.3) is 21.5 Å². The summed E-state index contributed by atoms with van der Waals surface area (Å²) in [6.45, 7) is 3.98. The molecule has 0 saturated carbocycles. The molecule has 0 aromatic heterocycles. The highest BCUT2D eigenvalue weighted by molar-refractivity contribution is 6.03. The van der Waals surface area contributed by atoms with Crippen molar-refractivity contribution in [3.63, 3.8) is 0 Å². The second-order valence-corrected chi connectivity index (χ2v) is 9.85. The minimum atomic E-state index is -0.964. The third kappa shape index (κ3) is 6.68. The number of nitrogens with one attached hydrogen (secondary N) is 2. The first kappa shape index (κ1) is 26.7. The van der Waals surface area contributed by atoms with Crippen molar-refractivity contribution in [2.45, 2.75) is 45.4 Å². The molecule has 4 N–H and O–H groups in total. The monoisotopic (exact) mass is 511 g/mol. The van der Waals surface area contributed by atoms with Crippen LogP contribution in [0.1, 0.15) is 31.4 Å². The van der Waals surface area contributed by atoms with E-state index in [4.69, 9.17) is 10.5 Å². The molecule has 4 aromatic rings. The summed E-state index contributed by atoms with van der Waals surface area (Å²) in [6, 6.07) is 25.4. The quantitative estimate of drug-likeness (QED) is 0.264. The van der Waals surface area contributed by atoms with Crippen LogP contribution in [-0.4, -0.2) is 30.0 Å². The second-order valence-electron chi connectivity index (χ2n) is 9.85. The SMILES string of the molecule is CC(C)C[C@H](NC(=O)OCc1ccccc1)C(=O)N[C@@H](Cc1c2ccccc2cc2ccccc12)C(N)=O. The van der Waals surface area contributed by atoms with Crippen LogP contribution in [0.4, 0.5) is 4.79 Å². The number of nitrogens with two attached hydrogens (primary N) is 1. The Morgan fingerprint density at radius 1 is 0.789 bits per heavy atom. The van der Waals surface area contributed by atoms with Gasteiger partial charge in [0.1, 0.15) is 18.7 Å². The van der Waals surface area contributed by atoms with Crippen molar-refractivity contribution in [2.24, 2.45) is 11.7 Å². The number of carbonyl (C=O) groups excluding carboxylic acids is 3. The van der Waals surface area contributed by atoms with E-state index in [2.05, 4.69) is 16.7 Å². The number of fused-ring (bicyclic) bond motifs is 2. The maximum atomic E-state index is 13.3. The van der Waals surface area contributed by atoms with E-state index in [1.165, 1.54) is 0 Å². The molecule has 3 amide bonds. The minimum Gasteiger partial charge on any atom is -0.445 e. The van der Waals surface area contributed by atoms with E-state index in [0.717, 1.165) is 32.7 Å². The van der Waals surface area contributed by atoms with Gasteiger partial charge in [-0.05, 0) is 51.1 Å². The summed E-state index contributed by atoms with van der Waals surface area (Å²) < 4.78 is 5.31. The number of benzene rings is 4. The maximum absolute atomic E-state index is 13.3. The first-order valence-electron chi connectivity index (χ1n) is 12.8. The van der Waals surface area contributed by atoms with Crippen molar-refractivity contribution in [1.29, 1.82) is 0 Å². The first-order chi connectivity index (χ1) is 18.3. The summed E-state index contributed by atoms with van der Waals surface area (Å²) in [5.41, 5.74) is 7.54. The van der Waals surface area contributed by atoms with Gasteiger partial charge < -0.3 is 21.1 Å². The Balaban J connectivity index is 1.53. The van der Waals surface area contributed by atoms with E-state index in [1.807, 2.05) is 92.7 Å². The number of rotatable bonds is 10. The number of alkyl carbamates (subject to hydrolysis) is 1. The fourth-order valence-electron chi connectivity index (χ4n) is 4.64. The molecule has 4 aromatic carbocycles. The molecule has 7 nitrogen and oxygen atoms in total. The highest BCUT2D eigenvalue weighted by atomic mass is 16.5. The van der Waals surface area contributed by atoms with Crippen LogP contribution in [0.3, 0.4) is 0 Å². The van der Waals surface area contributed by atoms with Gasteiger partial charge in [-0.2, -0.15) is 0 Å². The molecule has 0 aliphatic heterocycles. The molecule has 0 fully saturated rings. The Hall–Kier alpha value is -4.39. The van der Waals surface area contributed by atoms with E-state index in [1.54, 1.807) is 0 Å². The van der Waals surface area contributed by atoms with Crippen molar-refractivity contribution in [3.05, 3.63) is 96.1 Å². The molecule has 0 unspecified atom stereocenters. The number of primary amides is 1. The Labute approximate surface area is 222 Å². The van der Waals surface area contributed by atoms with Gasteiger partial charge in [-0.15, -0.1) is 0 Å². The summed E-state index contributed by atoms with van der Waals surface area (Å²) >= 11 is 0. The Kier molecular flexibility index (Phi) is 8.58.